The lowest BCUT2D eigenvalue weighted by molar-refractivity contribution is 0.704. The average molecular weight is 130 g/mol. The van der Waals surface area contributed by atoms with E-state index >= 15 is 0 Å². The summed E-state index contributed by atoms with van der Waals surface area (Å²) in [5.41, 5.74) is 2.65. The minimum absolute atomic E-state index is 0.681. The van der Waals surface area contributed by atoms with Gasteiger partial charge in [0.2, 0.25) is 0 Å². The van der Waals surface area contributed by atoms with Gasteiger partial charge in [-0.1, -0.05) is 6.08 Å². The van der Waals surface area contributed by atoms with Crippen LogP contribution in [0.4, 0.5) is 0 Å². The van der Waals surface area contributed by atoms with E-state index in [1.165, 1.54) is 0 Å². The molecule has 46 valence electrons. The maximum atomic E-state index is 5.12. The lowest BCUT2D eigenvalue weighted by Gasteiger charge is -2.04. The Morgan fingerprint density at radius 1 is 1.88 bits per heavy atom. The maximum absolute atomic E-state index is 5.12. The number of nitrogens with one attached hydrogen (secondary N) is 1. The van der Waals surface area contributed by atoms with Crippen LogP contribution >= 0.6 is 11.8 Å². The van der Waals surface area contributed by atoms with Crippen molar-refractivity contribution in [2.45, 2.75) is 11.7 Å². The van der Waals surface area contributed by atoms with Gasteiger partial charge >= 0.3 is 0 Å². The zero-order valence-electron chi connectivity index (χ0n) is 4.63. The van der Waals surface area contributed by atoms with E-state index in [2.05, 4.69) is 16.9 Å². The topological polar surface area (TPSA) is 38.0 Å². The molecule has 0 aromatic heterocycles. The molecule has 2 nitrogen and oxygen atoms in total. The summed E-state index contributed by atoms with van der Waals surface area (Å²) in [6.45, 7) is 0.914. The molecule has 0 radical (unpaired) electrons. The first-order valence-corrected chi connectivity index (χ1v) is 3.61. The van der Waals surface area contributed by atoms with Gasteiger partial charge in [-0.3, -0.25) is 11.3 Å². The molecule has 1 rings (SSSR count). The Kier molecular flexibility index (Phi) is 2.39. The zero-order chi connectivity index (χ0) is 5.82. The lowest BCUT2D eigenvalue weighted by atomic mass is 10.3. The zero-order valence-corrected chi connectivity index (χ0v) is 5.45. The normalized spacial score (nSPS) is 26.9. The monoisotopic (exact) mass is 130 g/mol. The van der Waals surface area contributed by atoms with E-state index in [4.69, 9.17) is 5.84 Å². The van der Waals surface area contributed by atoms with Gasteiger partial charge < -0.3 is 0 Å². The number of thioether (sulfide) groups is 1. The Morgan fingerprint density at radius 3 is 3.25 bits per heavy atom. The third-order valence-electron chi connectivity index (χ3n) is 1.11. The van der Waals surface area contributed by atoms with E-state index in [1.54, 1.807) is 0 Å². The predicted molar refractivity (Wildman–Crippen MR) is 37.3 cm³/mol. The molecule has 0 aliphatic carbocycles. The first kappa shape index (κ1) is 6.13. The van der Waals surface area contributed by atoms with Crippen molar-refractivity contribution in [2.24, 2.45) is 5.84 Å². The molecule has 8 heavy (non-hydrogen) atoms. The van der Waals surface area contributed by atoms with Crippen LogP contribution < -0.4 is 11.3 Å². The summed E-state index contributed by atoms with van der Waals surface area (Å²) in [6.07, 6.45) is 3.33. The summed E-state index contributed by atoms with van der Waals surface area (Å²) in [5.74, 6) is 5.12. The Balaban J connectivity index is 2.10. The number of rotatable bonds is 2. The van der Waals surface area contributed by atoms with Gasteiger partial charge in [-0.15, -0.1) is 11.8 Å². The van der Waals surface area contributed by atoms with Gasteiger partial charge in [0.05, 0.1) is 0 Å². The van der Waals surface area contributed by atoms with Gasteiger partial charge in [0.15, 0.2) is 0 Å². The molecule has 0 aromatic rings. The molecule has 1 atom stereocenters. The Bertz CT molecular complexity index is 84.4. The van der Waals surface area contributed by atoms with Gasteiger partial charge in [0, 0.05) is 11.8 Å². The summed E-state index contributed by atoms with van der Waals surface area (Å²) in [7, 11) is 0. The van der Waals surface area contributed by atoms with Gasteiger partial charge in [0.25, 0.3) is 0 Å². The fraction of sp³-hybridized carbons (Fsp3) is 0.600. The van der Waals surface area contributed by atoms with Gasteiger partial charge in [-0.2, -0.15) is 0 Å². The SMILES string of the molecule is NNCC1CC=CS1. The van der Waals surface area contributed by atoms with Crippen LogP contribution in [0.1, 0.15) is 6.42 Å². The minimum atomic E-state index is 0.681. The molecule has 0 saturated carbocycles. The highest BCUT2D eigenvalue weighted by Crippen LogP contribution is 2.22. The van der Waals surface area contributed by atoms with E-state index in [0.717, 1.165) is 13.0 Å². The predicted octanol–water partition coefficient (Wildman–Crippen LogP) is 0.469. The molecule has 1 unspecified atom stereocenters. The van der Waals surface area contributed by atoms with Crippen molar-refractivity contribution >= 4 is 11.8 Å². The van der Waals surface area contributed by atoms with Crippen molar-refractivity contribution in [2.75, 3.05) is 6.54 Å². The third-order valence-corrected chi connectivity index (χ3v) is 2.21. The van der Waals surface area contributed by atoms with Crippen molar-refractivity contribution in [1.29, 1.82) is 0 Å². The van der Waals surface area contributed by atoms with Crippen LogP contribution in [-0.2, 0) is 0 Å². The van der Waals surface area contributed by atoms with Crippen molar-refractivity contribution in [3.8, 4) is 0 Å². The molecule has 0 amide bonds. The fourth-order valence-corrected chi connectivity index (χ4v) is 1.55. The summed E-state index contributed by atoms with van der Waals surface area (Å²) in [6, 6.07) is 0. The summed E-state index contributed by atoms with van der Waals surface area (Å²) in [5, 5.41) is 2.81. The Hall–Kier alpha value is 0.01000. The standard InChI is InChI=1S/C5H10N2S/c6-7-4-5-2-1-3-8-5/h1,3,5,7H,2,4,6H2. The number of hydrazine groups is 1. The third kappa shape index (κ3) is 1.51. The number of allylic oxidation sites excluding steroid dienone is 1. The summed E-state index contributed by atoms with van der Waals surface area (Å²) in [4.78, 5) is 0. The highest BCUT2D eigenvalue weighted by molar-refractivity contribution is 8.03. The molecule has 3 N–H and O–H groups in total. The minimum Gasteiger partial charge on any atom is -0.271 e. The molecule has 1 aliphatic rings. The molecule has 3 heteroatoms. The Morgan fingerprint density at radius 2 is 2.75 bits per heavy atom. The van der Waals surface area contributed by atoms with E-state index < -0.39 is 0 Å². The van der Waals surface area contributed by atoms with Crippen molar-refractivity contribution in [1.82, 2.24) is 5.43 Å². The van der Waals surface area contributed by atoms with Crippen molar-refractivity contribution in [3.63, 3.8) is 0 Å². The van der Waals surface area contributed by atoms with Crippen LogP contribution in [0.5, 0.6) is 0 Å². The van der Waals surface area contributed by atoms with Gasteiger partial charge in [-0.05, 0) is 11.8 Å². The number of hydrogen-bond acceptors (Lipinski definition) is 3. The molecule has 1 aliphatic heterocycles. The molecular weight excluding hydrogens is 120 g/mol. The Labute approximate surface area is 53.5 Å². The smallest absolute Gasteiger partial charge is 0.0262 e. The van der Waals surface area contributed by atoms with E-state index in [-0.39, 0.29) is 0 Å². The van der Waals surface area contributed by atoms with Crippen LogP contribution in [0.25, 0.3) is 0 Å². The largest absolute Gasteiger partial charge is 0.271 e. The summed E-state index contributed by atoms with van der Waals surface area (Å²) < 4.78 is 0. The summed E-state index contributed by atoms with van der Waals surface area (Å²) >= 11 is 1.84. The van der Waals surface area contributed by atoms with Gasteiger partial charge in [-0.25, -0.2) is 0 Å². The van der Waals surface area contributed by atoms with E-state index in [9.17, 15) is 0 Å². The molecule has 0 fully saturated rings. The van der Waals surface area contributed by atoms with Crippen LogP contribution in [-0.4, -0.2) is 11.8 Å². The second kappa shape index (κ2) is 3.12. The maximum Gasteiger partial charge on any atom is 0.0262 e. The highest BCUT2D eigenvalue weighted by atomic mass is 32.2. The molecule has 0 saturated heterocycles. The van der Waals surface area contributed by atoms with Gasteiger partial charge in [0.1, 0.15) is 0 Å². The molecule has 0 spiro atoms. The molecule has 0 bridgehead atoms. The van der Waals surface area contributed by atoms with Crippen molar-refractivity contribution < 1.29 is 0 Å². The number of nitrogens with two attached hydrogens (primary N) is 1. The lowest BCUT2D eigenvalue weighted by Crippen LogP contribution is -2.29. The second-order valence-electron chi connectivity index (χ2n) is 1.77. The van der Waals surface area contributed by atoms with Crippen LogP contribution in [0.3, 0.4) is 0 Å². The van der Waals surface area contributed by atoms with E-state index in [1.807, 2.05) is 11.8 Å². The number of hydrogen-bond donors (Lipinski definition) is 2. The van der Waals surface area contributed by atoms with E-state index in [0.29, 0.717) is 5.25 Å². The first-order chi connectivity index (χ1) is 3.93. The molecule has 1 heterocycles. The van der Waals surface area contributed by atoms with Crippen LogP contribution in [0, 0.1) is 0 Å². The quantitative estimate of drug-likeness (QED) is 0.421. The van der Waals surface area contributed by atoms with Crippen LogP contribution in [0.2, 0.25) is 0 Å². The first-order valence-electron chi connectivity index (χ1n) is 2.67. The second-order valence-corrected chi connectivity index (χ2v) is 2.98. The average Bonchev–Trinajstić information content (AvgIpc) is 2.19. The fourth-order valence-electron chi connectivity index (χ4n) is 0.692. The van der Waals surface area contributed by atoms with Crippen LogP contribution in [0.15, 0.2) is 11.5 Å². The molecule has 0 aromatic carbocycles. The molecular formula is C5H10N2S. The van der Waals surface area contributed by atoms with Crippen molar-refractivity contribution in [3.05, 3.63) is 11.5 Å². The highest BCUT2D eigenvalue weighted by Gasteiger charge is 2.07.